The Labute approximate surface area is 118 Å². The molecular formula is C13H12ClN3O2. The number of para-hydroxylation sites is 1. The van der Waals surface area contributed by atoms with Gasteiger partial charge in [0.05, 0.1) is 11.9 Å². The SMILES string of the molecule is [2H]CN1C(=O)N([2H])C([2H])(Cc2c[nH]c3c(Cl)cccc23)C1=O. The summed E-state index contributed by atoms with van der Waals surface area (Å²) in [5.74, 6) is -0.862. The summed E-state index contributed by atoms with van der Waals surface area (Å²) in [6.07, 6.45) is 1.46. The lowest BCUT2D eigenvalue weighted by atomic mass is 10.1. The zero-order valence-electron chi connectivity index (χ0n) is 12.8. The number of rotatable bonds is 2. The molecule has 0 spiro atoms. The van der Waals surface area contributed by atoms with Crippen LogP contribution in [0.4, 0.5) is 4.79 Å². The van der Waals surface area contributed by atoms with Crippen LogP contribution in [-0.2, 0) is 11.2 Å². The molecule has 1 aliphatic rings. The van der Waals surface area contributed by atoms with Crippen molar-refractivity contribution in [1.82, 2.24) is 15.2 Å². The highest BCUT2D eigenvalue weighted by Gasteiger charge is 2.35. The number of urea groups is 1. The van der Waals surface area contributed by atoms with Crippen molar-refractivity contribution in [3.63, 3.8) is 0 Å². The van der Waals surface area contributed by atoms with Crippen LogP contribution in [0.15, 0.2) is 24.4 Å². The van der Waals surface area contributed by atoms with Crippen molar-refractivity contribution in [3.8, 4) is 0 Å². The van der Waals surface area contributed by atoms with Crippen molar-refractivity contribution >= 4 is 34.4 Å². The van der Waals surface area contributed by atoms with Crippen molar-refractivity contribution in [2.75, 3.05) is 7.02 Å². The lowest BCUT2D eigenvalue weighted by molar-refractivity contribution is -0.126. The summed E-state index contributed by atoms with van der Waals surface area (Å²) in [4.78, 5) is 27.5. The Bertz CT molecular complexity index is 781. The van der Waals surface area contributed by atoms with E-state index in [1.165, 1.54) is 0 Å². The van der Waals surface area contributed by atoms with Crippen LogP contribution in [0.3, 0.4) is 0 Å². The number of hydrogen-bond acceptors (Lipinski definition) is 2. The minimum atomic E-state index is -2.07. The van der Waals surface area contributed by atoms with Crippen LogP contribution in [0.2, 0.25) is 6.43 Å². The maximum absolute atomic E-state index is 12.2. The van der Waals surface area contributed by atoms with E-state index in [4.69, 9.17) is 15.8 Å². The Morgan fingerprint density at radius 1 is 1.58 bits per heavy atom. The quantitative estimate of drug-likeness (QED) is 0.826. The predicted octanol–water partition coefficient (Wildman–Crippen LogP) is 1.91. The first-order valence-corrected chi connectivity index (χ1v) is 5.96. The van der Waals surface area contributed by atoms with Crippen molar-refractivity contribution < 1.29 is 13.7 Å². The second-order valence-electron chi connectivity index (χ2n) is 4.23. The third kappa shape index (κ3) is 1.86. The number of fused-ring (bicyclic) bond motifs is 1. The van der Waals surface area contributed by atoms with E-state index in [2.05, 4.69) is 4.98 Å². The van der Waals surface area contributed by atoms with Gasteiger partial charge in [0.2, 0.25) is 0 Å². The molecule has 6 heteroatoms. The minimum Gasteiger partial charge on any atom is -0.360 e. The average molecular weight is 281 g/mol. The van der Waals surface area contributed by atoms with Gasteiger partial charge in [-0.25, -0.2) is 4.79 Å². The van der Waals surface area contributed by atoms with E-state index >= 15 is 0 Å². The Morgan fingerprint density at radius 3 is 3.16 bits per heavy atom. The van der Waals surface area contributed by atoms with Crippen LogP contribution in [0, 0.1) is 0 Å². The van der Waals surface area contributed by atoms with Gasteiger partial charge in [0, 0.05) is 26.4 Å². The number of H-pyrrole nitrogens is 1. The molecule has 0 bridgehead atoms. The van der Waals surface area contributed by atoms with Gasteiger partial charge in [-0.2, -0.15) is 0 Å². The van der Waals surface area contributed by atoms with E-state index in [0.717, 1.165) is 5.39 Å². The standard InChI is InChI=1S/C13H12ClN3O2/c1-17-12(18)10(16-13(17)19)5-7-6-15-11-8(7)3-2-4-9(11)14/h2-4,6,10,15H,5H2,1H3,(H,16,19)/i1D,10D/hD. The number of hydrogen-bond donors (Lipinski definition) is 2. The molecule has 5 nitrogen and oxygen atoms in total. The minimum absolute atomic E-state index is 0.155. The molecule has 1 fully saturated rings. The van der Waals surface area contributed by atoms with Gasteiger partial charge in [-0.1, -0.05) is 23.7 Å². The monoisotopic (exact) mass is 280 g/mol. The Kier molecular flexibility index (Phi) is 2.02. The topological polar surface area (TPSA) is 65.2 Å². The van der Waals surface area contributed by atoms with E-state index in [9.17, 15) is 9.59 Å². The number of benzene rings is 1. The molecule has 3 rings (SSSR count). The lowest BCUT2D eigenvalue weighted by Gasteiger charge is -2.07. The number of nitrogens with zero attached hydrogens (tertiary/aromatic N) is 1. The van der Waals surface area contributed by atoms with Crippen LogP contribution < -0.4 is 5.31 Å². The van der Waals surface area contributed by atoms with Crippen LogP contribution in [0.1, 0.15) is 8.30 Å². The molecule has 0 radical (unpaired) electrons. The number of imide groups is 1. The van der Waals surface area contributed by atoms with Crippen molar-refractivity contribution in [2.24, 2.45) is 0 Å². The van der Waals surface area contributed by atoms with E-state index in [1.807, 2.05) is 0 Å². The molecule has 0 aliphatic carbocycles. The number of aromatic nitrogens is 1. The molecule has 2 heterocycles. The second-order valence-corrected chi connectivity index (χ2v) is 4.63. The van der Waals surface area contributed by atoms with Gasteiger partial charge in [0.15, 0.2) is 1.41 Å². The number of aromatic amines is 1. The summed E-state index contributed by atoms with van der Waals surface area (Å²) in [7, 11) is -0.604. The van der Waals surface area contributed by atoms with Gasteiger partial charge in [-0.05, 0) is 11.6 Å². The summed E-state index contributed by atoms with van der Waals surface area (Å²) >= 11 is 6.07. The molecule has 2 aromatic rings. The third-order valence-corrected chi connectivity index (χ3v) is 3.38. The number of halogens is 1. The van der Waals surface area contributed by atoms with Crippen LogP contribution in [0.5, 0.6) is 0 Å². The van der Waals surface area contributed by atoms with Crippen LogP contribution in [-0.4, -0.2) is 34.9 Å². The average Bonchev–Trinajstić information content (AvgIpc) is 2.96. The molecule has 98 valence electrons. The van der Waals surface area contributed by atoms with Crippen molar-refractivity contribution in [3.05, 3.63) is 35.0 Å². The van der Waals surface area contributed by atoms with E-state index in [1.54, 1.807) is 24.4 Å². The first-order chi connectivity index (χ1) is 10.4. The summed E-state index contributed by atoms with van der Waals surface area (Å²) in [5, 5.41) is 1.57. The fourth-order valence-corrected chi connectivity index (χ4v) is 2.31. The van der Waals surface area contributed by atoms with Crippen LogP contribution in [0.25, 0.3) is 10.9 Å². The zero-order valence-corrected chi connectivity index (χ0v) is 10.6. The van der Waals surface area contributed by atoms with Gasteiger partial charge in [-0.15, -0.1) is 0 Å². The zero-order chi connectivity index (χ0) is 16.1. The summed E-state index contributed by atoms with van der Waals surface area (Å²) in [6, 6.07) is 2.22. The lowest BCUT2D eigenvalue weighted by Crippen LogP contribution is -2.31. The summed E-state index contributed by atoms with van der Waals surface area (Å²) in [5.41, 5.74) is 1.28. The fraction of sp³-hybridized carbons (Fsp3) is 0.231. The van der Waals surface area contributed by atoms with Gasteiger partial charge in [-0.3, -0.25) is 9.69 Å². The number of carbonyl (C=O) groups is 2. The highest BCUT2D eigenvalue weighted by molar-refractivity contribution is 6.35. The van der Waals surface area contributed by atoms with Gasteiger partial charge in [0.25, 0.3) is 5.91 Å². The third-order valence-electron chi connectivity index (χ3n) is 3.06. The highest BCUT2D eigenvalue weighted by atomic mass is 35.5. The number of likely N-dealkylation sites (N-methyl/N-ethyl adjacent to an activating group) is 1. The van der Waals surface area contributed by atoms with Crippen LogP contribution >= 0.6 is 11.6 Å². The molecular weight excluding hydrogens is 266 g/mol. The first kappa shape index (κ1) is 8.98. The molecule has 1 aromatic heterocycles. The maximum Gasteiger partial charge on any atom is 0.324 e. The van der Waals surface area contributed by atoms with Gasteiger partial charge >= 0.3 is 6.03 Å². The van der Waals surface area contributed by atoms with E-state index in [-0.39, 0.29) is 6.42 Å². The Hall–Kier alpha value is -2.01. The largest absolute Gasteiger partial charge is 0.360 e. The maximum atomic E-state index is 12.2. The second kappa shape index (κ2) is 4.28. The van der Waals surface area contributed by atoms with Gasteiger partial charge < -0.3 is 10.3 Å². The smallest absolute Gasteiger partial charge is 0.324 e. The highest BCUT2D eigenvalue weighted by Crippen LogP contribution is 2.26. The molecule has 2 N–H and O–H groups in total. The number of carbonyl (C=O) groups excluding carboxylic acids is 2. The fourth-order valence-electron chi connectivity index (χ4n) is 2.08. The molecule has 19 heavy (non-hydrogen) atoms. The summed E-state index contributed by atoms with van der Waals surface area (Å²) in [6.45, 7) is 0. The predicted molar refractivity (Wildman–Crippen MR) is 72.1 cm³/mol. The van der Waals surface area contributed by atoms with E-state index in [0.29, 0.717) is 26.3 Å². The molecule has 0 saturated carbocycles. The molecule has 1 saturated heterocycles. The molecule has 1 aliphatic heterocycles. The molecule has 3 amide bonds. The molecule has 1 aromatic carbocycles. The summed E-state index contributed by atoms with van der Waals surface area (Å²) < 4.78 is 23.2. The Morgan fingerprint density at radius 2 is 2.42 bits per heavy atom. The number of nitrogens with one attached hydrogen (secondary N) is 2. The van der Waals surface area contributed by atoms with Crippen molar-refractivity contribution in [2.45, 2.75) is 12.4 Å². The normalized spacial score (nSPS) is 25.8. The number of amides is 3. The first-order valence-electron chi connectivity index (χ1n) is 7.24. The Balaban J connectivity index is 2.02. The molecule has 1 unspecified atom stereocenters. The van der Waals surface area contributed by atoms with Gasteiger partial charge in [0.1, 0.15) is 6.02 Å². The van der Waals surface area contributed by atoms with E-state index < -0.39 is 25.0 Å². The molecule has 1 atom stereocenters. The van der Waals surface area contributed by atoms with Crippen molar-refractivity contribution in [1.29, 1.82) is 0 Å².